The fraction of sp³-hybridized carbons (Fsp3) is 0.750. The summed E-state index contributed by atoms with van der Waals surface area (Å²) in [6, 6.07) is 1.46. The summed E-state index contributed by atoms with van der Waals surface area (Å²) in [5.41, 5.74) is 0. The van der Waals surface area contributed by atoms with E-state index in [0.717, 1.165) is 0 Å². The molecule has 1 aliphatic rings. The highest BCUT2D eigenvalue weighted by Crippen LogP contribution is 2.83. The van der Waals surface area contributed by atoms with Crippen LogP contribution in [0.5, 0.6) is 0 Å². The molecule has 74 valence electrons. The zero-order valence-electron chi connectivity index (χ0n) is 6.23. The van der Waals surface area contributed by atoms with Gasteiger partial charge in [-0.15, -0.1) is 0 Å². The fourth-order valence-electron chi connectivity index (χ4n) is 1.20. The van der Waals surface area contributed by atoms with Crippen molar-refractivity contribution in [3.05, 3.63) is 0 Å². The maximum Gasteiger partial charge on any atom is 0.345 e. The van der Waals surface area contributed by atoms with Crippen molar-refractivity contribution in [2.75, 3.05) is 0 Å². The van der Waals surface area contributed by atoms with Gasteiger partial charge in [0.1, 0.15) is 0 Å². The molecule has 1 fully saturated rings. The number of nitrogens with zero attached hydrogens (tertiary/aromatic N) is 1. The van der Waals surface area contributed by atoms with E-state index < -0.39 is 32.4 Å². The van der Waals surface area contributed by atoms with Gasteiger partial charge in [0.05, 0.1) is 12.0 Å². The van der Waals surface area contributed by atoms with Crippen LogP contribution < -0.4 is 0 Å². The molecule has 1 atom stereocenters. The number of rotatable bonds is 2. The van der Waals surface area contributed by atoms with Crippen LogP contribution >= 0.6 is 15.2 Å². The van der Waals surface area contributed by atoms with Gasteiger partial charge in [0, 0.05) is 0 Å². The maximum atomic E-state index is 10.8. The lowest BCUT2D eigenvalue weighted by Gasteiger charge is -2.18. The first-order valence-electron chi connectivity index (χ1n) is 3.18. The summed E-state index contributed by atoms with van der Waals surface area (Å²) >= 11 is 0. The predicted octanol–water partition coefficient (Wildman–Crippen LogP) is -0.418. The largest absolute Gasteiger partial charge is 0.345 e. The van der Waals surface area contributed by atoms with Gasteiger partial charge in [0.15, 0.2) is 4.90 Å². The predicted molar refractivity (Wildman–Crippen MR) is 40.5 cm³/mol. The molecule has 1 rings (SSSR count). The maximum absolute atomic E-state index is 10.8. The van der Waals surface area contributed by atoms with E-state index in [9.17, 15) is 9.13 Å². The Balaban J connectivity index is 3.19. The van der Waals surface area contributed by atoms with Crippen molar-refractivity contribution in [3.63, 3.8) is 0 Å². The molecule has 0 aromatic heterocycles. The molecule has 0 saturated heterocycles. The van der Waals surface area contributed by atoms with Crippen molar-refractivity contribution in [1.29, 1.82) is 5.26 Å². The molecule has 1 aliphatic carbocycles. The van der Waals surface area contributed by atoms with Gasteiger partial charge in [-0.2, -0.15) is 5.26 Å². The van der Waals surface area contributed by atoms with E-state index in [1.807, 2.05) is 0 Å². The van der Waals surface area contributed by atoms with Gasteiger partial charge in [-0.25, -0.2) is 0 Å². The van der Waals surface area contributed by atoms with E-state index in [2.05, 4.69) is 0 Å². The molecule has 0 aliphatic heterocycles. The molecule has 0 spiro atoms. The minimum atomic E-state index is -4.94. The quantitative estimate of drug-likeness (QED) is 0.469. The lowest BCUT2D eigenvalue weighted by Crippen LogP contribution is -2.12. The lowest BCUT2D eigenvalue weighted by molar-refractivity contribution is 0.332. The van der Waals surface area contributed by atoms with Gasteiger partial charge in [-0.1, -0.05) is 0 Å². The van der Waals surface area contributed by atoms with Gasteiger partial charge in [0.25, 0.3) is 0 Å². The summed E-state index contributed by atoms with van der Waals surface area (Å²) in [5.74, 6) is -1.26. The van der Waals surface area contributed by atoms with Gasteiger partial charge < -0.3 is 19.6 Å². The molecule has 0 heterocycles. The fourth-order valence-corrected chi connectivity index (χ4v) is 4.33. The van der Waals surface area contributed by atoms with Crippen molar-refractivity contribution < 1.29 is 28.7 Å². The van der Waals surface area contributed by atoms with Crippen LogP contribution in [0.25, 0.3) is 0 Å². The second-order valence-electron chi connectivity index (χ2n) is 2.85. The third-order valence-corrected chi connectivity index (χ3v) is 6.64. The number of nitriles is 1. The molecular formula is C4H7NO6P2. The average molecular weight is 227 g/mol. The standard InChI is InChI=1S/C4H7NO6P2/c5-2-3-1-4(3,12(6,7)8)13(9,10)11/h3H,1H2,(H2,6,7,8)(H2,9,10,11). The van der Waals surface area contributed by atoms with Crippen LogP contribution in [-0.4, -0.2) is 24.5 Å². The lowest BCUT2D eigenvalue weighted by atomic mass is 10.5. The molecule has 13 heavy (non-hydrogen) atoms. The highest BCUT2D eigenvalue weighted by atomic mass is 31.2. The van der Waals surface area contributed by atoms with Gasteiger partial charge in [-0.05, 0) is 6.42 Å². The second kappa shape index (κ2) is 2.64. The summed E-state index contributed by atoms with van der Waals surface area (Å²) in [5, 5.41) is 8.33. The zero-order chi connectivity index (χ0) is 10.5. The van der Waals surface area contributed by atoms with Crippen molar-refractivity contribution in [2.24, 2.45) is 5.92 Å². The minimum Gasteiger partial charge on any atom is -0.324 e. The Morgan fingerprint density at radius 1 is 1.23 bits per heavy atom. The van der Waals surface area contributed by atoms with E-state index >= 15 is 0 Å². The third-order valence-electron chi connectivity index (χ3n) is 2.07. The van der Waals surface area contributed by atoms with Crippen molar-refractivity contribution in [1.82, 2.24) is 0 Å². The first-order chi connectivity index (χ1) is 5.67. The van der Waals surface area contributed by atoms with Crippen molar-refractivity contribution in [2.45, 2.75) is 11.3 Å². The molecule has 0 bridgehead atoms. The Morgan fingerprint density at radius 2 is 1.62 bits per heavy atom. The SMILES string of the molecule is N#CC1CC1(P(=O)(O)O)P(=O)(O)O. The van der Waals surface area contributed by atoms with Crippen LogP contribution in [0.3, 0.4) is 0 Å². The molecular weight excluding hydrogens is 220 g/mol. The van der Waals surface area contributed by atoms with Gasteiger partial charge >= 0.3 is 15.2 Å². The van der Waals surface area contributed by atoms with Crippen molar-refractivity contribution >= 4 is 15.2 Å². The van der Waals surface area contributed by atoms with Crippen LogP contribution in [0.1, 0.15) is 6.42 Å². The third kappa shape index (κ3) is 1.36. The van der Waals surface area contributed by atoms with Crippen LogP contribution in [-0.2, 0) is 9.13 Å². The first-order valence-corrected chi connectivity index (χ1v) is 6.40. The van der Waals surface area contributed by atoms with Crippen molar-refractivity contribution in [3.8, 4) is 6.07 Å². The van der Waals surface area contributed by atoms with Gasteiger partial charge in [-0.3, -0.25) is 9.13 Å². The van der Waals surface area contributed by atoms with E-state index in [0.29, 0.717) is 0 Å². The van der Waals surface area contributed by atoms with Gasteiger partial charge in [0.2, 0.25) is 0 Å². The summed E-state index contributed by atoms with van der Waals surface area (Å²) < 4.78 is 21.6. The normalized spacial score (nSPS) is 26.5. The highest BCUT2D eigenvalue weighted by Gasteiger charge is 2.76. The molecule has 9 heteroatoms. The van der Waals surface area contributed by atoms with Crippen LogP contribution in [0, 0.1) is 17.2 Å². The summed E-state index contributed by atoms with van der Waals surface area (Å²) in [6.45, 7) is 0. The van der Waals surface area contributed by atoms with Crippen LogP contribution in [0.15, 0.2) is 0 Å². The molecule has 4 N–H and O–H groups in total. The summed E-state index contributed by atoms with van der Waals surface area (Å²) in [6.07, 6.45) is -0.446. The first kappa shape index (κ1) is 10.9. The molecule has 1 unspecified atom stereocenters. The molecule has 7 nitrogen and oxygen atoms in total. The smallest absolute Gasteiger partial charge is 0.324 e. The van der Waals surface area contributed by atoms with E-state index in [1.165, 1.54) is 6.07 Å². The Morgan fingerprint density at radius 3 is 1.69 bits per heavy atom. The van der Waals surface area contributed by atoms with Crippen LogP contribution in [0.2, 0.25) is 0 Å². The monoisotopic (exact) mass is 227 g/mol. The molecule has 0 radical (unpaired) electrons. The zero-order valence-corrected chi connectivity index (χ0v) is 8.02. The average Bonchev–Trinajstić information content (AvgIpc) is 2.57. The Hall–Kier alpha value is -0.210. The topological polar surface area (TPSA) is 139 Å². The highest BCUT2D eigenvalue weighted by molar-refractivity contribution is 7.73. The Bertz CT molecular complexity index is 337. The molecule has 0 aromatic carbocycles. The Labute approximate surface area is 73.3 Å². The Kier molecular flexibility index (Phi) is 2.21. The number of hydrogen-bond donors (Lipinski definition) is 4. The number of hydrogen-bond acceptors (Lipinski definition) is 3. The minimum absolute atomic E-state index is 0.446. The van der Waals surface area contributed by atoms with E-state index in [1.54, 1.807) is 0 Å². The molecule has 0 aromatic rings. The summed E-state index contributed by atoms with van der Waals surface area (Å²) in [4.78, 5) is 32.4. The molecule has 1 saturated carbocycles. The van der Waals surface area contributed by atoms with E-state index in [4.69, 9.17) is 24.8 Å². The van der Waals surface area contributed by atoms with Crippen LogP contribution in [0.4, 0.5) is 0 Å². The second-order valence-corrected chi connectivity index (χ2v) is 6.98. The van der Waals surface area contributed by atoms with E-state index in [-0.39, 0.29) is 0 Å². The molecule has 0 amide bonds. The summed E-state index contributed by atoms with van der Waals surface area (Å²) in [7, 11) is -9.87.